The Morgan fingerprint density at radius 3 is 2.88 bits per heavy atom. The van der Waals surface area contributed by atoms with Crippen molar-refractivity contribution in [3.05, 3.63) is 52.8 Å². The molecule has 1 fully saturated rings. The first-order valence-corrected chi connectivity index (χ1v) is 9.51. The maximum Gasteiger partial charge on any atom is 0.244 e. The van der Waals surface area contributed by atoms with E-state index in [4.69, 9.17) is 21.6 Å². The lowest BCUT2D eigenvalue weighted by atomic mass is 10.2. The van der Waals surface area contributed by atoms with Crippen LogP contribution in [0.15, 0.2) is 41.4 Å². The zero-order valence-electron chi connectivity index (χ0n) is 13.5. The lowest BCUT2D eigenvalue weighted by Gasteiger charge is -2.18. The molecule has 0 unspecified atom stereocenters. The highest BCUT2D eigenvalue weighted by Gasteiger charge is 2.35. The van der Waals surface area contributed by atoms with E-state index in [9.17, 15) is 8.42 Å². The Labute approximate surface area is 151 Å². The van der Waals surface area contributed by atoms with Crippen molar-refractivity contribution < 1.29 is 13.2 Å². The third-order valence-corrected chi connectivity index (χ3v) is 6.39. The molecule has 0 saturated carbocycles. The minimum atomic E-state index is -3.73. The van der Waals surface area contributed by atoms with E-state index >= 15 is 0 Å². The molecule has 8 heteroatoms. The fourth-order valence-corrected chi connectivity index (χ4v) is 4.71. The molecule has 1 aliphatic rings. The molecule has 0 amide bonds. The number of pyridine rings is 1. The average Bonchev–Trinajstić information content (AvgIpc) is 3.06. The predicted molar refractivity (Wildman–Crippen MR) is 92.9 cm³/mol. The zero-order valence-corrected chi connectivity index (χ0v) is 15.1. The molecule has 1 atom stereocenters. The van der Waals surface area contributed by atoms with E-state index in [1.54, 1.807) is 12.3 Å². The summed E-state index contributed by atoms with van der Waals surface area (Å²) in [4.78, 5) is 4.17. The number of aryl methyl sites for hydroxylation is 1. The Balaban J connectivity index is 1.77. The van der Waals surface area contributed by atoms with Crippen molar-refractivity contribution in [3.63, 3.8) is 0 Å². The summed E-state index contributed by atoms with van der Waals surface area (Å²) < 4.78 is 32.9. The van der Waals surface area contributed by atoms with E-state index in [0.29, 0.717) is 24.3 Å². The van der Waals surface area contributed by atoms with E-state index in [1.807, 2.05) is 19.1 Å². The SMILES string of the molecule is Cc1ncccc1O[C@H]1CCN(S(=O)(=O)c2ccc(C#N)cc2Cl)C1. The van der Waals surface area contributed by atoms with Crippen LogP contribution in [0.5, 0.6) is 5.75 Å². The quantitative estimate of drug-likeness (QED) is 0.818. The van der Waals surface area contributed by atoms with Crippen LogP contribution in [0.3, 0.4) is 0 Å². The van der Waals surface area contributed by atoms with Gasteiger partial charge in [-0.1, -0.05) is 11.6 Å². The monoisotopic (exact) mass is 377 g/mol. The Kier molecular flexibility index (Phi) is 4.95. The summed E-state index contributed by atoms with van der Waals surface area (Å²) in [6.45, 7) is 2.44. The van der Waals surface area contributed by atoms with Crippen LogP contribution in [0.1, 0.15) is 17.7 Å². The van der Waals surface area contributed by atoms with Crippen LogP contribution in [0.4, 0.5) is 0 Å². The fourth-order valence-electron chi connectivity index (χ4n) is 2.70. The molecular weight excluding hydrogens is 362 g/mol. The highest BCUT2D eigenvalue weighted by atomic mass is 35.5. The van der Waals surface area contributed by atoms with Crippen LogP contribution in [0, 0.1) is 18.3 Å². The number of hydrogen-bond acceptors (Lipinski definition) is 5. The number of aromatic nitrogens is 1. The van der Waals surface area contributed by atoms with Gasteiger partial charge in [-0.25, -0.2) is 8.42 Å². The Hall–Kier alpha value is -2.14. The Morgan fingerprint density at radius 1 is 1.40 bits per heavy atom. The highest BCUT2D eigenvalue weighted by Crippen LogP contribution is 2.29. The largest absolute Gasteiger partial charge is 0.487 e. The summed E-state index contributed by atoms with van der Waals surface area (Å²) in [7, 11) is -3.73. The smallest absolute Gasteiger partial charge is 0.244 e. The molecule has 6 nitrogen and oxygen atoms in total. The molecule has 0 spiro atoms. The fraction of sp³-hybridized carbons (Fsp3) is 0.294. The van der Waals surface area contributed by atoms with Gasteiger partial charge in [0, 0.05) is 12.7 Å². The van der Waals surface area contributed by atoms with Crippen LogP contribution in [0.2, 0.25) is 5.02 Å². The molecule has 1 aliphatic heterocycles. The van der Waals surface area contributed by atoms with Gasteiger partial charge in [-0.05, 0) is 43.7 Å². The molecular formula is C17H16ClN3O3S. The summed E-state index contributed by atoms with van der Waals surface area (Å²) >= 11 is 6.06. The van der Waals surface area contributed by atoms with E-state index in [-0.39, 0.29) is 22.6 Å². The first-order valence-electron chi connectivity index (χ1n) is 7.70. The molecule has 0 radical (unpaired) electrons. The molecule has 130 valence electrons. The molecule has 0 N–H and O–H groups in total. The average molecular weight is 378 g/mol. The van der Waals surface area contributed by atoms with Crippen molar-refractivity contribution in [2.75, 3.05) is 13.1 Å². The van der Waals surface area contributed by atoms with Crippen LogP contribution in [-0.2, 0) is 10.0 Å². The predicted octanol–water partition coefficient (Wildman–Crippen LogP) is 2.76. The minimum absolute atomic E-state index is 0.00590. The van der Waals surface area contributed by atoms with Crippen LogP contribution in [0.25, 0.3) is 0 Å². The molecule has 25 heavy (non-hydrogen) atoms. The number of hydrogen-bond donors (Lipinski definition) is 0. The number of halogens is 1. The number of benzene rings is 1. The van der Waals surface area contributed by atoms with Gasteiger partial charge in [0.25, 0.3) is 0 Å². The normalized spacial score (nSPS) is 18.0. The molecule has 2 heterocycles. The molecule has 0 aliphatic carbocycles. The van der Waals surface area contributed by atoms with Gasteiger partial charge in [-0.15, -0.1) is 0 Å². The maximum absolute atomic E-state index is 12.8. The van der Waals surface area contributed by atoms with Gasteiger partial charge in [0.1, 0.15) is 16.7 Å². The van der Waals surface area contributed by atoms with Crippen LogP contribution < -0.4 is 4.74 Å². The van der Waals surface area contributed by atoms with E-state index in [1.165, 1.54) is 22.5 Å². The summed E-state index contributed by atoms with van der Waals surface area (Å²) in [5.41, 5.74) is 1.08. The molecule has 0 bridgehead atoms. The number of rotatable bonds is 4. The van der Waals surface area contributed by atoms with Crippen molar-refractivity contribution in [3.8, 4) is 11.8 Å². The van der Waals surface area contributed by atoms with Gasteiger partial charge in [-0.3, -0.25) is 4.98 Å². The van der Waals surface area contributed by atoms with Gasteiger partial charge in [0.05, 0.1) is 28.9 Å². The summed E-state index contributed by atoms with van der Waals surface area (Å²) in [5.74, 6) is 0.656. The minimum Gasteiger partial charge on any atom is -0.487 e. The lowest BCUT2D eigenvalue weighted by Crippen LogP contribution is -2.31. The van der Waals surface area contributed by atoms with Gasteiger partial charge in [0.2, 0.25) is 10.0 Å². The van der Waals surface area contributed by atoms with Crippen molar-refractivity contribution in [2.24, 2.45) is 0 Å². The van der Waals surface area contributed by atoms with Crippen molar-refractivity contribution in [1.82, 2.24) is 9.29 Å². The van der Waals surface area contributed by atoms with Crippen molar-refractivity contribution in [1.29, 1.82) is 5.26 Å². The van der Waals surface area contributed by atoms with E-state index < -0.39 is 10.0 Å². The van der Waals surface area contributed by atoms with Crippen molar-refractivity contribution >= 4 is 21.6 Å². The number of ether oxygens (including phenoxy) is 1. The second-order valence-corrected chi connectivity index (χ2v) is 8.05. The summed E-state index contributed by atoms with van der Waals surface area (Å²) in [6.07, 6.45) is 2.02. The number of sulfonamides is 1. The van der Waals surface area contributed by atoms with Gasteiger partial charge < -0.3 is 4.74 Å². The topological polar surface area (TPSA) is 83.3 Å². The van der Waals surface area contributed by atoms with E-state index in [2.05, 4.69) is 4.98 Å². The third-order valence-electron chi connectivity index (χ3n) is 4.04. The zero-order chi connectivity index (χ0) is 18.0. The Bertz CT molecular complexity index is 940. The van der Waals surface area contributed by atoms with Gasteiger partial charge in [-0.2, -0.15) is 9.57 Å². The van der Waals surface area contributed by atoms with Gasteiger partial charge in [0.15, 0.2) is 0 Å². The van der Waals surface area contributed by atoms with E-state index in [0.717, 1.165) is 5.69 Å². The third kappa shape index (κ3) is 3.61. The Morgan fingerprint density at radius 2 is 2.20 bits per heavy atom. The van der Waals surface area contributed by atoms with Crippen LogP contribution >= 0.6 is 11.6 Å². The second-order valence-electron chi connectivity index (χ2n) is 5.74. The molecule has 3 rings (SSSR count). The number of nitriles is 1. The lowest BCUT2D eigenvalue weighted by molar-refractivity contribution is 0.213. The highest BCUT2D eigenvalue weighted by molar-refractivity contribution is 7.89. The molecule has 1 aromatic heterocycles. The molecule has 1 saturated heterocycles. The summed E-state index contributed by atoms with van der Waals surface area (Å²) in [5, 5.41) is 8.92. The molecule has 2 aromatic rings. The maximum atomic E-state index is 12.8. The molecule has 1 aromatic carbocycles. The van der Waals surface area contributed by atoms with Crippen LogP contribution in [-0.4, -0.2) is 36.9 Å². The standard InChI is InChI=1S/C17H16ClN3O3S/c1-12-16(3-2-7-20-12)24-14-6-8-21(11-14)25(22,23)17-5-4-13(10-19)9-15(17)18/h2-5,7,9,14H,6,8,11H2,1H3/t14-/m0/s1. The van der Waals surface area contributed by atoms with Gasteiger partial charge >= 0.3 is 0 Å². The summed E-state index contributed by atoms with van der Waals surface area (Å²) in [6, 6.07) is 9.71. The first kappa shape index (κ1) is 17.7. The van der Waals surface area contributed by atoms with Crippen molar-refractivity contribution in [2.45, 2.75) is 24.3 Å². The first-order chi connectivity index (χ1) is 11.9. The second kappa shape index (κ2) is 7.00. The number of nitrogens with zero attached hydrogens (tertiary/aromatic N) is 3.